The molecule has 0 N–H and O–H groups in total. The molecule has 0 saturated carbocycles. The number of aldehydes is 1. The minimum Gasteiger partial charge on any atom is -0.363 e. The molecular formula is C11H17NOS. The van der Waals surface area contributed by atoms with Crippen molar-refractivity contribution >= 4 is 22.6 Å². The quantitative estimate of drug-likeness (QED) is 0.673. The molecule has 2 nitrogen and oxygen atoms in total. The summed E-state index contributed by atoms with van der Waals surface area (Å²) in [7, 11) is 0. The molecule has 0 fully saturated rings. The maximum absolute atomic E-state index is 10.6. The summed E-state index contributed by atoms with van der Waals surface area (Å²) in [5.41, 5.74) is 0. The molecule has 1 aromatic rings. The predicted molar refractivity (Wildman–Crippen MR) is 62.5 cm³/mol. The summed E-state index contributed by atoms with van der Waals surface area (Å²) < 4.78 is 0. The van der Waals surface area contributed by atoms with Gasteiger partial charge in [-0.2, -0.15) is 0 Å². The lowest BCUT2D eigenvalue weighted by Gasteiger charge is -2.21. The number of nitrogens with zero attached hydrogens (tertiary/aromatic N) is 1. The van der Waals surface area contributed by atoms with Gasteiger partial charge in [-0.1, -0.05) is 13.8 Å². The highest BCUT2D eigenvalue weighted by molar-refractivity contribution is 7.17. The number of hydrogen-bond donors (Lipinski definition) is 0. The second-order valence-corrected chi connectivity index (χ2v) is 4.37. The fraction of sp³-hybridized carbons (Fsp3) is 0.545. The molecule has 0 aliphatic carbocycles. The fourth-order valence-electron chi connectivity index (χ4n) is 1.45. The van der Waals surface area contributed by atoms with Gasteiger partial charge in [-0.3, -0.25) is 4.79 Å². The highest BCUT2D eigenvalue weighted by atomic mass is 32.1. The zero-order valence-electron chi connectivity index (χ0n) is 8.82. The van der Waals surface area contributed by atoms with E-state index in [1.54, 1.807) is 11.3 Å². The third-order valence-corrected chi connectivity index (χ3v) is 3.10. The van der Waals surface area contributed by atoms with Crippen molar-refractivity contribution < 1.29 is 4.79 Å². The molecule has 78 valence electrons. The number of anilines is 1. The van der Waals surface area contributed by atoms with Crippen molar-refractivity contribution in [3.8, 4) is 0 Å². The van der Waals surface area contributed by atoms with Gasteiger partial charge in [0.1, 0.15) is 0 Å². The van der Waals surface area contributed by atoms with Crippen LogP contribution >= 0.6 is 11.3 Å². The number of thiophene rings is 1. The predicted octanol–water partition coefficient (Wildman–Crippen LogP) is 3.19. The molecule has 1 heterocycles. The summed E-state index contributed by atoms with van der Waals surface area (Å²) in [4.78, 5) is 13.7. The zero-order valence-corrected chi connectivity index (χ0v) is 9.64. The monoisotopic (exact) mass is 211 g/mol. The minimum atomic E-state index is 0.817. The average Bonchev–Trinajstić information content (AvgIpc) is 2.65. The Balaban J connectivity index is 2.70. The highest BCUT2D eigenvalue weighted by Crippen LogP contribution is 2.25. The van der Waals surface area contributed by atoms with Crippen LogP contribution in [0.3, 0.4) is 0 Å². The standard InChI is InChI=1S/C11H17NOS/c1-3-7-12(8-4-2)11-6-5-10(9-13)14-11/h5-6,9H,3-4,7-8H2,1-2H3. The van der Waals surface area contributed by atoms with Crippen LogP contribution in [0.1, 0.15) is 36.4 Å². The maximum atomic E-state index is 10.6. The molecule has 1 aromatic heterocycles. The Morgan fingerprint density at radius 2 is 1.93 bits per heavy atom. The van der Waals surface area contributed by atoms with Gasteiger partial charge in [-0.15, -0.1) is 11.3 Å². The third-order valence-electron chi connectivity index (χ3n) is 2.03. The lowest BCUT2D eigenvalue weighted by molar-refractivity contribution is 0.112. The van der Waals surface area contributed by atoms with Crippen molar-refractivity contribution in [2.45, 2.75) is 26.7 Å². The highest BCUT2D eigenvalue weighted by Gasteiger charge is 2.06. The van der Waals surface area contributed by atoms with Crippen LogP contribution in [0.4, 0.5) is 5.00 Å². The Hall–Kier alpha value is -0.830. The van der Waals surface area contributed by atoms with Crippen LogP contribution in [-0.4, -0.2) is 19.4 Å². The van der Waals surface area contributed by atoms with E-state index in [1.165, 1.54) is 5.00 Å². The molecule has 0 amide bonds. The van der Waals surface area contributed by atoms with E-state index in [0.29, 0.717) is 0 Å². The molecule has 0 atom stereocenters. The van der Waals surface area contributed by atoms with Gasteiger partial charge in [0.25, 0.3) is 0 Å². The summed E-state index contributed by atoms with van der Waals surface area (Å²) in [6, 6.07) is 3.94. The van der Waals surface area contributed by atoms with Crippen LogP contribution in [0.25, 0.3) is 0 Å². The first kappa shape index (κ1) is 11.2. The zero-order chi connectivity index (χ0) is 10.4. The molecule has 0 bridgehead atoms. The average molecular weight is 211 g/mol. The van der Waals surface area contributed by atoms with Gasteiger partial charge < -0.3 is 4.90 Å². The molecule has 3 heteroatoms. The largest absolute Gasteiger partial charge is 0.363 e. The van der Waals surface area contributed by atoms with Crippen LogP contribution in [0.2, 0.25) is 0 Å². The Bertz CT molecular complexity index is 277. The fourth-order valence-corrected chi connectivity index (χ4v) is 2.32. The van der Waals surface area contributed by atoms with Gasteiger partial charge in [0.15, 0.2) is 6.29 Å². The van der Waals surface area contributed by atoms with Crippen LogP contribution in [0.15, 0.2) is 12.1 Å². The lowest BCUT2D eigenvalue weighted by Crippen LogP contribution is -2.23. The van der Waals surface area contributed by atoms with E-state index in [0.717, 1.165) is 37.1 Å². The first-order valence-corrected chi connectivity index (χ1v) is 5.93. The first-order chi connectivity index (χ1) is 6.81. The summed E-state index contributed by atoms with van der Waals surface area (Å²) in [6.07, 6.45) is 3.22. The Labute approximate surface area is 89.5 Å². The van der Waals surface area contributed by atoms with Crippen LogP contribution in [-0.2, 0) is 0 Å². The Morgan fingerprint density at radius 3 is 2.36 bits per heavy atom. The Morgan fingerprint density at radius 1 is 1.29 bits per heavy atom. The summed E-state index contributed by atoms with van der Waals surface area (Å²) >= 11 is 1.58. The second-order valence-electron chi connectivity index (χ2n) is 3.28. The van der Waals surface area contributed by atoms with E-state index >= 15 is 0 Å². The number of carbonyl (C=O) groups excluding carboxylic acids is 1. The van der Waals surface area contributed by atoms with Gasteiger partial charge in [-0.25, -0.2) is 0 Å². The normalized spacial score (nSPS) is 10.1. The molecule has 14 heavy (non-hydrogen) atoms. The number of hydrogen-bond acceptors (Lipinski definition) is 3. The van der Waals surface area contributed by atoms with Crippen LogP contribution in [0.5, 0.6) is 0 Å². The van der Waals surface area contributed by atoms with E-state index in [9.17, 15) is 4.79 Å². The van der Waals surface area contributed by atoms with Crippen molar-refractivity contribution in [2.24, 2.45) is 0 Å². The van der Waals surface area contributed by atoms with Gasteiger partial charge in [0, 0.05) is 13.1 Å². The van der Waals surface area contributed by atoms with Crippen molar-refractivity contribution in [1.82, 2.24) is 0 Å². The van der Waals surface area contributed by atoms with Crippen molar-refractivity contribution in [2.75, 3.05) is 18.0 Å². The van der Waals surface area contributed by atoms with Crippen molar-refractivity contribution in [1.29, 1.82) is 0 Å². The van der Waals surface area contributed by atoms with E-state index in [1.807, 2.05) is 12.1 Å². The SMILES string of the molecule is CCCN(CCC)c1ccc(C=O)s1. The van der Waals surface area contributed by atoms with E-state index in [4.69, 9.17) is 0 Å². The van der Waals surface area contributed by atoms with Gasteiger partial charge in [0.2, 0.25) is 0 Å². The molecule has 0 aliphatic rings. The van der Waals surface area contributed by atoms with E-state index in [-0.39, 0.29) is 0 Å². The molecule has 0 aromatic carbocycles. The summed E-state index contributed by atoms with van der Waals surface area (Å²) in [5, 5.41) is 1.22. The first-order valence-electron chi connectivity index (χ1n) is 5.11. The summed E-state index contributed by atoms with van der Waals surface area (Å²) in [6.45, 7) is 6.51. The smallest absolute Gasteiger partial charge is 0.160 e. The maximum Gasteiger partial charge on any atom is 0.160 e. The lowest BCUT2D eigenvalue weighted by atomic mass is 10.3. The van der Waals surface area contributed by atoms with E-state index < -0.39 is 0 Å². The molecule has 0 aliphatic heterocycles. The Kier molecular flexibility index (Phi) is 4.66. The topological polar surface area (TPSA) is 20.3 Å². The van der Waals surface area contributed by atoms with Crippen LogP contribution < -0.4 is 4.90 Å². The van der Waals surface area contributed by atoms with Gasteiger partial charge >= 0.3 is 0 Å². The van der Waals surface area contributed by atoms with Crippen molar-refractivity contribution in [3.63, 3.8) is 0 Å². The molecule has 0 spiro atoms. The third kappa shape index (κ3) is 2.84. The molecule has 0 saturated heterocycles. The van der Waals surface area contributed by atoms with Crippen molar-refractivity contribution in [3.05, 3.63) is 17.0 Å². The van der Waals surface area contributed by atoms with Gasteiger partial charge in [-0.05, 0) is 25.0 Å². The summed E-state index contributed by atoms with van der Waals surface area (Å²) in [5.74, 6) is 0. The molecule has 0 unspecified atom stereocenters. The molecule has 0 radical (unpaired) electrons. The van der Waals surface area contributed by atoms with Gasteiger partial charge in [0.05, 0.1) is 9.88 Å². The molecular weight excluding hydrogens is 194 g/mol. The number of rotatable bonds is 6. The molecule has 1 rings (SSSR count). The second kappa shape index (κ2) is 5.81. The van der Waals surface area contributed by atoms with Crippen LogP contribution in [0, 0.1) is 0 Å². The number of carbonyl (C=O) groups is 1. The minimum absolute atomic E-state index is 0.817. The van der Waals surface area contributed by atoms with E-state index in [2.05, 4.69) is 18.7 Å².